The van der Waals surface area contributed by atoms with Gasteiger partial charge in [-0.2, -0.15) is 5.26 Å². The normalized spacial score (nSPS) is 15.0. The number of amides is 1. The Bertz CT molecular complexity index is 944. The number of aromatic nitrogens is 1. The van der Waals surface area contributed by atoms with Crippen molar-refractivity contribution in [2.75, 3.05) is 11.9 Å². The van der Waals surface area contributed by atoms with Crippen LogP contribution in [0, 0.1) is 25.2 Å². The molecule has 5 heteroatoms. The summed E-state index contributed by atoms with van der Waals surface area (Å²) in [6.45, 7) is 6.64. The van der Waals surface area contributed by atoms with Crippen LogP contribution >= 0.6 is 0 Å². The van der Waals surface area contributed by atoms with Gasteiger partial charge in [0.15, 0.2) is 0 Å². The van der Waals surface area contributed by atoms with Crippen molar-refractivity contribution in [2.45, 2.75) is 58.9 Å². The molecule has 1 heterocycles. The summed E-state index contributed by atoms with van der Waals surface area (Å²) in [6.07, 6.45) is 7.93. The fraction of sp³-hybridized carbons (Fsp3) is 0.417. The molecule has 1 amide bonds. The van der Waals surface area contributed by atoms with Crippen LogP contribution in [0.2, 0.25) is 0 Å². The first kappa shape index (κ1) is 20.7. The fourth-order valence-electron chi connectivity index (χ4n) is 4.18. The topological polar surface area (TPSA) is 67.0 Å². The molecule has 152 valence electrons. The highest BCUT2D eigenvalue weighted by atomic mass is 16.5. The predicted octanol–water partition coefficient (Wildman–Crippen LogP) is 5.55. The quantitative estimate of drug-likeness (QED) is 0.518. The Balaban J connectivity index is 1.81. The molecule has 1 N–H and O–H groups in total. The average molecular weight is 392 g/mol. The highest BCUT2D eigenvalue weighted by Gasteiger charge is 2.20. The van der Waals surface area contributed by atoms with E-state index in [4.69, 9.17) is 4.74 Å². The molecule has 3 rings (SSSR count). The van der Waals surface area contributed by atoms with Crippen molar-refractivity contribution in [3.05, 3.63) is 52.9 Å². The third-order valence-electron chi connectivity index (χ3n) is 5.53. The Morgan fingerprint density at radius 3 is 2.72 bits per heavy atom. The number of rotatable bonds is 6. The van der Waals surface area contributed by atoms with Gasteiger partial charge in [0.05, 0.1) is 6.61 Å². The molecular weight excluding hydrogens is 362 g/mol. The first-order valence-electron chi connectivity index (χ1n) is 10.4. The molecule has 1 aromatic heterocycles. The van der Waals surface area contributed by atoms with Gasteiger partial charge in [0.25, 0.3) is 5.91 Å². The number of anilines is 1. The van der Waals surface area contributed by atoms with Gasteiger partial charge in [0, 0.05) is 29.2 Å². The van der Waals surface area contributed by atoms with E-state index in [1.807, 2.05) is 19.1 Å². The second kappa shape index (κ2) is 9.47. The zero-order chi connectivity index (χ0) is 20.8. The van der Waals surface area contributed by atoms with Crippen LogP contribution in [0.25, 0.3) is 6.08 Å². The lowest BCUT2D eigenvalue weighted by Crippen LogP contribution is -2.15. The van der Waals surface area contributed by atoms with Gasteiger partial charge in [0.2, 0.25) is 0 Å². The zero-order valence-electron chi connectivity index (χ0n) is 17.5. The molecule has 0 aliphatic heterocycles. The maximum absolute atomic E-state index is 12.7. The van der Waals surface area contributed by atoms with E-state index in [-0.39, 0.29) is 5.57 Å². The molecule has 0 unspecified atom stereocenters. The molecule has 2 aromatic rings. The number of carbonyl (C=O) groups is 1. The van der Waals surface area contributed by atoms with Gasteiger partial charge in [-0.1, -0.05) is 25.3 Å². The number of nitrogens with one attached hydrogen (secondary N) is 1. The van der Waals surface area contributed by atoms with Crippen LogP contribution in [0.3, 0.4) is 0 Å². The molecule has 1 fully saturated rings. The van der Waals surface area contributed by atoms with E-state index in [0.29, 0.717) is 24.1 Å². The van der Waals surface area contributed by atoms with Crippen LogP contribution in [-0.4, -0.2) is 17.1 Å². The van der Waals surface area contributed by atoms with Crippen LogP contribution in [0.1, 0.15) is 62.0 Å². The summed E-state index contributed by atoms with van der Waals surface area (Å²) in [5.41, 5.74) is 3.93. The Kier molecular flexibility index (Phi) is 6.77. The van der Waals surface area contributed by atoms with Crippen molar-refractivity contribution in [1.82, 2.24) is 4.57 Å². The van der Waals surface area contributed by atoms with Gasteiger partial charge in [-0.3, -0.25) is 4.79 Å². The number of nitriles is 1. The number of benzene rings is 1. The van der Waals surface area contributed by atoms with Crippen LogP contribution in [-0.2, 0) is 4.79 Å². The predicted molar refractivity (Wildman–Crippen MR) is 116 cm³/mol. The lowest BCUT2D eigenvalue weighted by molar-refractivity contribution is -0.112. The molecule has 0 bridgehead atoms. The second-order valence-electron chi connectivity index (χ2n) is 7.57. The number of carbonyl (C=O) groups excluding carboxylic acids is 1. The average Bonchev–Trinajstić information content (AvgIpc) is 3.00. The lowest BCUT2D eigenvalue weighted by atomic mass is 9.95. The van der Waals surface area contributed by atoms with Crippen molar-refractivity contribution < 1.29 is 9.53 Å². The highest BCUT2D eigenvalue weighted by Crippen LogP contribution is 2.32. The summed E-state index contributed by atoms with van der Waals surface area (Å²) in [5.74, 6) is 0.271. The summed E-state index contributed by atoms with van der Waals surface area (Å²) in [7, 11) is 0. The third-order valence-corrected chi connectivity index (χ3v) is 5.53. The van der Waals surface area contributed by atoms with E-state index in [0.717, 1.165) is 11.3 Å². The smallest absolute Gasteiger partial charge is 0.266 e. The van der Waals surface area contributed by atoms with Crippen LogP contribution in [0.4, 0.5) is 5.69 Å². The van der Waals surface area contributed by atoms with Crippen molar-refractivity contribution in [1.29, 1.82) is 5.26 Å². The SMILES string of the molecule is CCOc1cccc(NC(=O)/C(C#N)=C/c2cc(C)n(C3CCCCC3)c2C)c1. The second-order valence-corrected chi connectivity index (χ2v) is 7.57. The minimum absolute atomic E-state index is 0.0932. The summed E-state index contributed by atoms with van der Waals surface area (Å²) >= 11 is 0. The molecule has 1 saturated carbocycles. The number of hydrogen-bond donors (Lipinski definition) is 1. The van der Waals surface area contributed by atoms with Crippen molar-refractivity contribution >= 4 is 17.7 Å². The van der Waals surface area contributed by atoms with E-state index in [2.05, 4.69) is 35.9 Å². The molecule has 0 spiro atoms. The molecule has 1 aliphatic carbocycles. The summed E-state index contributed by atoms with van der Waals surface area (Å²) < 4.78 is 7.84. The number of hydrogen-bond acceptors (Lipinski definition) is 3. The van der Waals surface area contributed by atoms with Crippen LogP contribution in [0.15, 0.2) is 35.9 Å². The molecule has 29 heavy (non-hydrogen) atoms. The molecule has 0 saturated heterocycles. The van der Waals surface area contributed by atoms with Crippen LogP contribution in [0.5, 0.6) is 5.75 Å². The van der Waals surface area contributed by atoms with E-state index in [9.17, 15) is 10.1 Å². The molecule has 5 nitrogen and oxygen atoms in total. The van der Waals surface area contributed by atoms with Gasteiger partial charge in [0.1, 0.15) is 17.4 Å². The largest absolute Gasteiger partial charge is 0.494 e. The first-order valence-corrected chi connectivity index (χ1v) is 10.4. The molecule has 1 aliphatic rings. The van der Waals surface area contributed by atoms with Gasteiger partial charge in [-0.25, -0.2) is 0 Å². The highest BCUT2D eigenvalue weighted by molar-refractivity contribution is 6.09. The minimum atomic E-state index is -0.413. The molecular formula is C24H29N3O2. The number of aryl methyl sites for hydroxylation is 1. The lowest BCUT2D eigenvalue weighted by Gasteiger charge is -2.26. The van der Waals surface area contributed by atoms with Gasteiger partial charge in [-0.15, -0.1) is 0 Å². The van der Waals surface area contributed by atoms with Gasteiger partial charge < -0.3 is 14.6 Å². The Morgan fingerprint density at radius 1 is 1.28 bits per heavy atom. The maximum Gasteiger partial charge on any atom is 0.266 e. The first-order chi connectivity index (χ1) is 14.0. The Labute approximate surface area is 173 Å². The van der Waals surface area contributed by atoms with E-state index >= 15 is 0 Å². The summed E-state index contributed by atoms with van der Waals surface area (Å²) in [6, 6.07) is 11.8. The Morgan fingerprint density at radius 2 is 2.03 bits per heavy atom. The standard InChI is InChI=1S/C24H29N3O2/c1-4-29-23-12-8-9-21(15-23)26-24(28)20(16-25)14-19-13-17(2)27(18(19)3)22-10-6-5-7-11-22/h8-9,12-15,22H,4-7,10-11H2,1-3H3,(H,26,28)/b20-14+. The van der Waals surface area contributed by atoms with Gasteiger partial charge in [-0.05, 0) is 63.5 Å². The molecule has 0 radical (unpaired) electrons. The number of ether oxygens (including phenoxy) is 1. The third kappa shape index (κ3) is 4.89. The van der Waals surface area contributed by atoms with Crippen molar-refractivity contribution in [3.8, 4) is 11.8 Å². The monoisotopic (exact) mass is 391 g/mol. The fourth-order valence-corrected chi connectivity index (χ4v) is 4.18. The number of nitrogens with zero attached hydrogens (tertiary/aromatic N) is 2. The minimum Gasteiger partial charge on any atom is -0.494 e. The summed E-state index contributed by atoms with van der Waals surface area (Å²) in [4.78, 5) is 12.7. The zero-order valence-corrected chi connectivity index (χ0v) is 17.5. The molecule has 1 aromatic carbocycles. The molecule has 0 atom stereocenters. The van der Waals surface area contributed by atoms with Crippen molar-refractivity contribution in [3.63, 3.8) is 0 Å². The van der Waals surface area contributed by atoms with Gasteiger partial charge >= 0.3 is 0 Å². The van der Waals surface area contributed by atoms with E-state index in [1.54, 1.807) is 18.2 Å². The maximum atomic E-state index is 12.7. The van der Waals surface area contributed by atoms with Crippen molar-refractivity contribution in [2.24, 2.45) is 0 Å². The van der Waals surface area contributed by atoms with Crippen LogP contribution < -0.4 is 10.1 Å². The van der Waals surface area contributed by atoms with E-state index in [1.165, 1.54) is 37.8 Å². The van der Waals surface area contributed by atoms with E-state index < -0.39 is 5.91 Å². The Hall–Kier alpha value is -3.00. The summed E-state index contributed by atoms with van der Waals surface area (Å²) in [5, 5.41) is 12.4.